The van der Waals surface area contributed by atoms with E-state index in [0.29, 0.717) is 24.8 Å². The average Bonchev–Trinajstić information content (AvgIpc) is 2.81. The summed E-state index contributed by atoms with van der Waals surface area (Å²) in [5.74, 6) is 2.22. The van der Waals surface area contributed by atoms with Gasteiger partial charge in [0.15, 0.2) is 11.6 Å². The van der Waals surface area contributed by atoms with E-state index in [9.17, 15) is 0 Å². The van der Waals surface area contributed by atoms with Crippen molar-refractivity contribution in [3.05, 3.63) is 48.8 Å². The van der Waals surface area contributed by atoms with Crippen molar-refractivity contribution < 1.29 is 14.2 Å². The topological polar surface area (TPSA) is 53.5 Å². The Morgan fingerprint density at radius 2 is 1.39 bits per heavy atom. The predicted octanol–water partition coefficient (Wildman–Crippen LogP) is 6.63. The van der Waals surface area contributed by atoms with Gasteiger partial charge in [0.25, 0.3) is 0 Å². The quantitative estimate of drug-likeness (QED) is 0.210. The Morgan fingerprint density at radius 1 is 0.710 bits per heavy atom. The van der Waals surface area contributed by atoms with Crippen LogP contribution in [0.1, 0.15) is 65.2 Å². The van der Waals surface area contributed by atoms with Crippen molar-refractivity contribution in [2.75, 3.05) is 26.4 Å². The predicted molar refractivity (Wildman–Crippen MR) is 127 cm³/mol. The number of unbranched alkanes of at least 4 members (excludes halogenated alkanes) is 5. The molecule has 1 aromatic heterocycles. The molecule has 5 nitrogen and oxygen atoms in total. The fraction of sp³-hybridized carbons (Fsp3) is 0.538. The van der Waals surface area contributed by atoms with Gasteiger partial charge in [-0.3, -0.25) is 0 Å². The van der Waals surface area contributed by atoms with Gasteiger partial charge in [-0.25, -0.2) is 9.97 Å². The number of allylic oxidation sites excluding steroid dienone is 1. The van der Waals surface area contributed by atoms with Crippen molar-refractivity contribution >= 4 is 0 Å². The molecule has 170 valence electrons. The first-order valence-electron chi connectivity index (χ1n) is 11.7. The first-order valence-corrected chi connectivity index (χ1v) is 11.7. The van der Waals surface area contributed by atoms with E-state index < -0.39 is 0 Å². The monoisotopic (exact) mass is 426 g/mol. The van der Waals surface area contributed by atoms with Gasteiger partial charge in [0.1, 0.15) is 12.4 Å². The number of hydrogen-bond donors (Lipinski definition) is 0. The Labute approximate surface area is 187 Å². The Hall–Kier alpha value is -2.40. The maximum atomic E-state index is 5.82. The summed E-state index contributed by atoms with van der Waals surface area (Å²) in [5, 5.41) is 0. The lowest BCUT2D eigenvalue weighted by molar-refractivity contribution is 0.123. The second kappa shape index (κ2) is 16.3. The third-order valence-corrected chi connectivity index (χ3v) is 4.82. The molecule has 0 bridgehead atoms. The zero-order valence-corrected chi connectivity index (χ0v) is 19.2. The lowest BCUT2D eigenvalue weighted by Gasteiger charge is -2.08. The molecule has 0 aliphatic rings. The molecule has 0 fully saturated rings. The van der Waals surface area contributed by atoms with E-state index in [2.05, 4.69) is 29.9 Å². The molecule has 1 heterocycles. The minimum absolute atomic E-state index is 0.545. The van der Waals surface area contributed by atoms with Crippen LogP contribution < -0.4 is 9.47 Å². The summed E-state index contributed by atoms with van der Waals surface area (Å²) in [5.41, 5.74) is 0.957. The number of hydrogen-bond acceptors (Lipinski definition) is 5. The van der Waals surface area contributed by atoms with Crippen molar-refractivity contribution in [3.8, 4) is 22.9 Å². The highest BCUT2D eigenvalue weighted by Gasteiger charge is 2.03. The SMILES string of the molecule is CCCC/C=C/COc1cnc(-c2ccc(OCCCCOCCCCC)cc2)nc1. The minimum Gasteiger partial charge on any atom is -0.494 e. The van der Waals surface area contributed by atoms with E-state index >= 15 is 0 Å². The summed E-state index contributed by atoms with van der Waals surface area (Å²) in [6.45, 7) is 7.34. The van der Waals surface area contributed by atoms with Crippen LogP contribution in [0.2, 0.25) is 0 Å². The molecule has 0 radical (unpaired) electrons. The van der Waals surface area contributed by atoms with Crippen molar-refractivity contribution in [1.82, 2.24) is 9.97 Å². The van der Waals surface area contributed by atoms with Gasteiger partial charge in [0.05, 0.1) is 19.0 Å². The summed E-state index contributed by atoms with van der Waals surface area (Å²) in [6.07, 6.45) is 16.8. The molecule has 0 spiro atoms. The highest BCUT2D eigenvalue weighted by Crippen LogP contribution is 2.20. The van der Waals surface area contributed by atoms with E-state index in [0.717, 1.165) is 50.2 Å². The summed E-state index contributed by atoms with van der Waals surface area (Å²) in [4.78, 5) is 8.83. The molecule has 0 N–H and O–H groups in total. The molecule has 0 aliphatic carbocycles. The standard InChI is InChI=1S/C26H38N2O3/c1-3-5-7-8-10-19-31-25-21-27-26(28-22-25)23-13-15-24(16-14-23)30-20-12-11-18-29-17-9-6-4-2/h8,10,13-16,21-22H,3-7,9,11-12,17-20H2,1-2H3/b10-8+. The van der Waals surface area contributed by atoms with Gasteiger partial charge >= 0.3 is 0 Å². The first-order chi connectivity index (χ1) is 15.3. The van der Waals surface area contributed by atoms with E-state index in [4.69, 9.17) is 14.2 Å². The summed E-state index contributed by atoms with van der Waals surface area (Å²) >= 11 is 0. The molecule has 0 atom stereocenters. The third-order valence-electron chi connectivity index (χ3n) is 4.82. The minimum atomic E-state index is 0.545. The number of aromatic nitrogens is 2. The van der Waals surface area contributed by atoms with Crippen molar-refractivity contribution in [3.63, 3.8) is 0 Å². The Bertz CT molecular complexity index is 714. The van der Waals surface area contributed by atoms with Gasteiger partial charge in [-0.1, -0.05) is 51.7 Å². The van der Waals surface area contributed by atoms with Crippen LogP contribution in [0, 0.1) is 0 Å². The normalized spacial score (nSPS) is 11.2. The Morgan fingerprint density at radius 3 is 2.10 bits per heavy atom. The zero-order valence-electron chi connectivity index (χ0n) is 19.2. The number of ether oxygens (including phenoxy) is 3. The van der Waals surface area contributed by atoms with Crippen molar-refractivity contribution in [2.24, 2.45) is 0 Å². The second-order valence-corrected chi connectivity index (χ2v) is 7.57. The molecule has 1 aromatic carbocycles. The smallest absolute Gasteiger partial charge is 0.159 e. The lowest BCUT2D eigenvalue weighted by Crippen LogP contribution is -2.02. The average molecular weight is 427 g/mol. The van der Waals surface area contributed by atoms with Gasteiger partial charge in [-0.05, 0) is 49.9 Å². The van der Waals surface area contributed by atoms with Crippen molar-refractivity contribution in [2.45, 2.75) is 65.2 Å². The molecule has 2 aromatic rings. The van der Waals surface area contributed by atoms with Crippen LogP contribution in [0.3, 0.4) is 0 Å². The van der Waals surface area contributed by atoms with Gasteiger partial charge < -0.3 is 14.2 Å². The number of rotatable bonds is 17. The van der Waals surface area contributed by atoms with Gasteiger partial charge in [0, 0.05) is 18.8 Å². The lowest BCUT2D eigenvalue weighted by atomic mass is 10.2. The largest absolute Gasteiger partial charge is 0.494 e. The maximum absolute atomic E-state index is 5.82. The highest BCUT2D eigenvalue weighted by molar-refractivity contribution is 5.56. The molecular formula is C26H38N2O3. The number of nitrogens with zero attached hydrogens (tertiary/aromatic N) is 2. The zero-order chi connectivity index (χ0) is 22.0. The van der Waals surface area contributed by atoms with Crippen LogP contribution in [-0.4, -0.2) is 36.4 Å². The van der Waals surface area contributed by atoms with Crippen molar-refractivity contribution in [1.29, 1.82) is 0 Å². The van der Waals surface area contributed by atoms with Gasteiger partial charge in [0.2, 0.25) is 0 Å². The van der Waals surface area contributed by atoms with Crippen LogP contribution in [0.15, 0.2) is 48.8 Å². The second-order valence-electron chi connectivity index (χ2n) is 7.57. The molecule has 0 saturated carbocycles. The maximum Gasteiger partial charge on any atom is 0.159 e. The van der Waals surface area contributed by atoms with E-state index in [1.54, 1.807) is 12.4 Å². The molecular weight excluding hydrogens is 388 g/mol. The molecule has 2 rings (SSSR count). The van der Waals surface area contributed by atoms with Crippen LogP contribution >= 0.6 is 0 Å². The van der Waals surface area contributed by atoms with E-state index in [1.165, 1.54) is 25.7 Å². The first kappa shape index (κ1) is 24.9. The molecule has 0 unspecified atom stereocenters. The summed E-state index contributed by atoms with van der Waals surface area (Å²) in [6, 6.07) is 7.90. The third kappa shape index (κ3) is 11.0. The van der Waals surface area contributed by atoms with Gasteiger partial charge in [-0.2, -0.15) is 0 Å². The fourth-order valence-corrected chi connectivity index (χ4v) is 2.94. The Balaban J connectivity index is 1.65. The van der Waals surface area contributed by atoms with Gasteiger partial charge in [-0.15, -0.1) is 0 Å². The van der Waals surface area contributed by atoms with Crippen LogP contribution in [-0.2, 0) is 4.74 Å². The Kier molecular flexibility index (Phi) is 13.1. The fourth-order valence-electron chi connectivity index (χ4n) is 2.94. The van der Waals surface area contributed by atoms with Crippen LogP contribution in [0.25, 0.3) is 11.4 Å². The summed E-state index contributed by atoms with van der Waals surface area (Å²) in [7, 11) is 0. The van der Waals surface area contributed by atoms with E-state index in [-0.39, 0.29) is 0 Å². The molecule has 31 heavy (non-hydrogen) atoms. The number of benzene rings is 1. The van der Waals surface area contributed by atoms with Crippen LogP contribution in [0.5, 0.6) is 11.5 Å². The molecule has 5 heteroatoms. The molecule has 0 aliphatic heterocycles. The molecule has 0 saturated heterocycles. The van der Waals surface area contributed by atoms with E-state index in [1.807, 2.05) is 30.3 Å². The van der Waals surface area contributed by atoms with Crippen LogP contribution in [0.4, 0.5) is 0 Å². The highest BCUT2D eigenvalue weighted by atomic mass is 16.5. The summed E-state index contributed by atoms with van der Waals surface area (Å²) < 4.78 is 17.1. The molecule has 0 amide bonds.